The highest BCUT2D eigenvalue weighted by Crippen LogP contribution is 2.32. The average Bonchev–Trinajstić information content (AvgIpc) is 3.17. The molecule has 2 aromatic carbocycles. The van der Waals surface area contributed by atoms with Crippen molar-refractivity contribution >= 4 is 45.7 Å². The molecule has 164 valence electrons. The van der Waals surface area contributed by atoms with Gasteiger partial charge in [0.2, 0.25) is 0 Å². The van der Waals surface area contributed by atoms with Gasteiger partial charge >= 0.3 is 12.8 Å². The first kappa shape index (κ1) is 20.7. The van der Waals surface area contributed by atoms with Gasteiger partial charge in [0, 0.05) is 17.8 Å². The lowest BCUT2D eigenvalue weighted by Crippen LogP contribution is -2.30. The standard InChI is InChI=1S/C20H20BN5O5S/c27-20-24-16-7-4-12(8-17(16)26(20)14-2-1-3-14)10-22-11-23-19-15-6-5-13(21(28)29)9-18(15)32(30,31)25-19/h4-10,14,28-29H,1-3,11H2,(H,23,25)(H,24,27). The van der Waals surface area contributed by atoms with Crippen molar-refractivity contribution < 1.29 is 18.5 Å². The highest BCUT2D eigenvalue weighted by molar-refractivity contribution is 7.90. The molecule has 1 saturated carbocycles. The van der Waals surface area contributed by atoms with Crippen LogP contribution in [0.15, 0.2) is 56.1 Å². The molecule has 0 spiro atoms. The fourth-order valence-corrected chi connectivity index (χ4v) is 5.24. The molecule has 32 heavy (non-hydrogen) atoms. The lowest BCUT2D eigenvalue weighted by atomic mass is 9.80. The van der Waals surface area contributed by atoms with Crippen LogP contribution < -0.4 is 15.9 Å². The molecule has 5 rings (SSSR count). The zero-order chi connectivity index (χ0) is 22.5. The minimum Gasteiger partial charge on any atom is -0.423 e. The summed E-state index contributed by atoms with van der Waals surface area (Å²) in [6.45, 7) is -0.0116. The van der Waals surface area contributed by atoms with E-state index in [4.69, 9.17) is 0 Å². The summed E-state index contributed by atoms with van der Waals surface area (Å²) >= 11 is 0. The Morgan fingerprint density at radius 2 is 2.00 bits per heavy atom. The van der Waals surface area contributed by atoms with Gasteiger partial charge in [-0.1, -0.05) is 18.2 Å². The van der Waals surface area contributed by atoms with E-state index in [2.05, 4.69) is 19.7 Å². The summed E-state index contributed by atoms with van der Waals surface area (Å²) in [4.78, 5) is 23.6. The molecule has 1 aromatic heterocycles. The van der Waals surface area contributed by atoms with Crippen LogP contribution in [0, 0.1) is 0 Å². The van der Waals surface area contributed by atoms with Crippen LogP contribution in [0.5, 0.6) is 0 Å². The summed E-state index contributed by atoms with van der Waals surface area (Å²) < 4.78 is 28.8. The molecule has 0 amide bonds. The zero-order valence-corrected chi connectivity index (χ0v) is 17.7. The van der Waals surface area contributed by atoms with Crippen molar-refractivity contribution in [1.82, 2.24) is 14.3 Å². The Hall–Kier alpha value is -3.22. The molecule has 12 heteroatoms. The van der Waals surface area contributed by atoms with Crippen LogP contribution in [0.1, 0.15) is 36.4 Å². The number of imidazole rings is 1. The van der Waals surface area contributed by atoms with Crippen LogP contribution in [-0.4, -0.2) is 53.9 Å². The van der Waals surface area contributed by atoms with Gasteiger partial charge in [0.1, 0.15) is 12.5 Å². The second kappa shape index (κ2) is 7.73. The molecule has 1 aliphatic heterocycles. The van der Waals surface area contributed by atoms with Gasteiger partial charge in [0.05, 0.1) is 15.9 Å². The number of sulfonamides is 1. The van der Waals surface area contributed by atoms with E-state index in [1.54, 1.807) is 10.8 Å². The lowest BCUT2D eigenvalue weighted by Gasteiger charge is -2.26. The summed E-state index contributed by atoms with van der Waals surface area (Å²) in [7, 11) is -5.59. The van der Waals surface area contributed by atoms with E-state index in [0.717, 1.165) is 35.9 Å². The molecular weight excluding hydrogens is 433 g/mol. The maximum absolute atomic E-state index is 12.3. The number of rotatable bonds is 5. The summed E-state index contributed by atoms with van der Waals surface area (Å²) in [5, 5.41) is 18.5. The normalized spacial score (nSPS) is 18.8. The predicted molar refractivity (Wildman–Crippen MR) is 121 cm³/mol. The summed E-state index contributed by atoms with van der Waals surface area (Å²) in [5.41, 5.74) is 2.75. The molecule has 1 aliphatic carbocycles. The van der Waals surface area contributed by atoms with Crippen molar-refractivity contribution in [2.75, 3.05) is 6.67 Å². The first-order chi connectivity index (χ1) is 15.3. The molecule has 3 aromatic rings. The van der Waals surface area contributed by atoms with Gasteiger partial charge in [0.25, 0.3) is 10.0 Å². The van der Waals surface area contributed by atoms with E-state index in [0.29, 0.717) is 5.56 Å². The van der Waals surface area contributed by atoms with Gasteiger partial charge in [-0.25, -0.2) is 18.2 Å². The first-order valence-electron chi connectivity index (χ1n) is 10.2. The number of nitrogens with one attached hydrogen (secondary N) is 2. The number of aliphatic imine (C=N–C) groups is 2. The van der Waals surface area contributed by atoms with Crippen molar-refractivity contribution in [1.29, 1.82) is 0 Å². The third-order valence-corrected chi connectivity index (χ3v) is 7.19. The number of aromatic amines is 1. The van der Waals surface area contributed by atoms with E-state index >= 15 is 0 Å². The minimum atomic E-state index is -3.82. The molecule has 0 saturated heterocycles. The number of hydrogen-bond acceptors (Lipinski definition) is 7. The molecule has 1 fully saturated rings. The van der Waals surface area contributed by atoms with Crippen LogP contribution in [0.4, 0.5) is 0 Å². The highest BCUT2D eigenvalue weighted by atomic mass is 32.2. The molecule has 4 N–H and O–H groups in total. The molecule has 0 atom stereocenters. The van der Waals surface area contributed by atoms with Gasteiger partial charge in [-0.3, -0.25) is 14.3 Å². The van der Waals surface area contributed by atoms with E-state index in [1.165, 1.54) is 18.2 Å². The molecule has 2 aliphatic rings. The number of H-pyrrole nitrogens is 1. The minimum absolute atomic E-state index is 0.0116. The van der Waals surface area contributed by atoms with Gasteiger partial charge in [-0.2, -0.15) is 0 Å². The molecule has 2 heterocycles. The number of hydrogen-bond donors (Lipinski definition) is 4. The lowest BCUT2D eigenvalue weighted by molar-refractivity contribution is 0.314. The SMILES string of the molecule is O=c1[nH]c2ccc(C=NCN=C3NS(=O)(=O)c4cc(B(O)O)ccc43)cc2n1C1CCC1. The first-order valence-corrected chi connectivity index (χ1v) is 11.6. The molecule has 0 radical (unpaired) electrons. The number of benzene rings is 2. The summed E-state index contributed by atoms with van der Waals surface area (Å²) in [5.74, 6) is 0.149. The number of aromatic nitrogens is 2. The third-order valence-electron chi connectivity index (χ3n) is 5.81. The zero-order valence-electron chi connectivity index (χ0n) is 16.9. The molecule has 0 unspecified atom stereocenters. The van der Waals surface area contributed by atoms with Crippen LogP contribution >= 0.6 is 0 Å². The van der Waals surface area contributed by atoms with Gasteiger partial charge in [-0.05, 0) is 48.5 Å². The third kappa shape index (κ3) is 3.55. The Morgan fingerprint density at radius 1 is 1.19 bits per heavy atom. The van der Waals surface area contributed by atoms with Crippen LogP contribution in [0.25, 0.3) is 11.0 Å². The van der Waals surface area contributed by atoms with Crippen molar-refractivity contribution in [2.24, 2.45) is 9.98 Å². The second-order valence-corrected chi connectivity index (χ2v) is 9.51. The van der Waals surface area contributed by atoms with Gasteiger partial charge in [-0.15, -0.1) is 0 Å². The summed E-state index contributed by atoms with van der Waals surface area (Å²) in [6.07, 6.45) is 4.75. The molecule has 10 nitrogen and oxygen atoms in total. The van der Waals surface area contributed by atoms with Crippen LogP contribution in [-0.2, 0) is 10.0 Å². The van der Waals surface area contributed by atoms with Crippen molar-refractivity contribution in [2.45, 2.75) is 30.2 Å². The maximum atomic E-state index is 12.3. The van der Waals surface area contributed by atoms with Crippen molar-refractivity contribution in [3.05, 3.63) is 58.0 Å². The molecular formula is C20H20BN5O5S. The van der Waals surface area contributed by atoms with Crippen LogP contribution in [0.3, 0.4) is 0 Å². The van der Waals surface area contributed by atoms with E-state index < -0.39 is 17.1 Å². The van der Waals surface area contributed by atoms with Crippen molar-refractivity contribution in [3.8, 4) is 0 Å². The van der Waals surface area contributed by atoms with E-state index in [1.807, 2.05) is 18.2 Å². The Labute approximate surface area is 183 Å². The highest BCUT2D eigenvalue weighted by Gasteiger charge is 2.32. The van der Waals surface area contributed by atoms with Gasteiger partial charge in [0.15, 0.2) is 0 Å². The average molecular weight is 453 g/mol. The smallest absolute Gasteiger partial charge is 0.423 e. The quantitative estimate of drug-likeness (QED) is 0.313. The van der Waals surface area contributed by atoms with E-state index in [9.17, 15) is 23.3 Å². The van der Waals surface area contributed by atoms with Crippen LogP contribution in [0.2, 0.25) is 0 Å². The monoisotopic (exact) mass is 453 g/mol. The Morgan fingerprint density at radius 3 is 2.72 bits per heavy atom. The second-order valence-electron chi connectivity index (χ2n) is 7.86. The maximum Gasteiger partial charge on any atom is 0.488 e. The Bertz CT molecular complexity index is 1440. The number of nitrogens with zero attached hydrogens (tertiary/aromatic N) is 3. The van der Waals surface area contributed by atoms with E-state index in [-0.39, 0.29) is 34.6 Å². The number of fused-ring (bicyclic) bond motifs is 2. The largest absolute Gasteiger partial charge is 0.488 e. The molecule has 0 bridgehead atoms. The fraction of sp³-hybridized carbons (Fsp3) is 0.250. The predicted octanol–water partition coefficient (Wildman–Crippen LogP) is -0.150. The van der Waals surface area contributed by atoms with Crippen molar-refractivity contribution in [3.63, 3.8) is 0 Å². The fourth-order valence-electron chi connectivity index (χ4n) is 3.96. The Balaban J connectivity index is 1.37. The Kier molecular flexibility index (Phi) is 4.99. The topological polar surface area (TPSA) is 149 Å². The van der Waals surface area contributed by atoms with Gasteiger partial charge < -0.3 is 15.0 Å². The summed E-state index contributed by atoms with van der Waals surface area (Å²) in [6, 6.07) is 9.93. The number of amidine groups is 1.